The van der Waals surface area contributed by atoms with Crippen molar-refractivity contribution in [2.45, 2.75) is 13.8 Å². The van der Waals surface area contributed by atoms with Crippen molar-refractivity contribution in [1.29, 1.82) is 0 Å². The first-order valence-corrected chi connectivity index (χ1v) is 4.70. The van der Waals surface area contributed by atoms with Gasteiger partial charge in [0, 0.05) is 0 Å². The monoisotopic (exact) mass is 184 g/mol. The molecular weight excluding hydrogens is 168 g/mol. The van der Waals surface area contributed by atoms with Crippen molar-refractivity contribution in [2.75, 3.05) is 0 Å². The predicted octanol–water partition coefficient (Wildman–Crippen LogP) is 4.06. The number of benzene rings is 1. The van der Waals surface area contributed by atoms with Gasteiger partial charge in [0.2, 0.25) is 0 Å². The van der Waals surface area contributed by atoms with Gasteiger partial charge in [0.1, 0.15) is 0 Å². The average Bonchev–Trinajstić information content (AvgIpc) is 2.19. The van der Waals surface area contributed by atoms with E-state index in [2.05, 4.69) is 51.3 Å². The minimum atomic E-state index is 0.936. The molecule has 0 bridgehead atoms. The Morgan fingerprint density at radius 1 is 1.29 bits per heavy atom. The highest BCUT2D eigenvalue weighted by molar-refractivity contribution is 5.58. The van der Waals surface area contributed by atoms with E-state index in [-0.39, 0.29) is 0 Å². The molecule has 14 heavy (non-hydrogen) atoms. The molecule has 72 valence electrons. The molecule has 0 aromatic heterocycles. The van der Waals surface area contributed by atoms with Gasteiger partial charge in [-0.15, -0.1) is 0 Å². The minimum absolute atomic E-state index is 0.936. The second-order valence-corrected chi connectivity index (χ2v) is 3.47. The Morgan fingerprint density at radius 2 is 2.00 bits per heavy atom. The van der Waals surface area contributed by atoms with Crippen LogP contribution < -0.4 is 0 Å². The van der Waals surface area contributed by atoms with Crippen LogP contribution in [0, 0.1) is 13.8 Å². The van der Waals surface area contributed by atoms with Gasteiger partial charge in [0.05, 0.1) is 0 Å². The van der Waals surface area contributed by atoms with E-state index in [4.69, 9.17) is 0 Å². The van der Waals surface area contributed by atoms with E-state index in [1.165, 1.54) is 16.7 Å². The van der Waals surface area contributed by atoms with Crippen molar-refractivity contribution < 1.29 is 0 Å². The third-order valence-corrected chi connectivity index (χ3v) is 2.17. The fraction of sp³-hybridized carbons (Fsp3) is 0.143. The molecule has 0 fully saturated rings. The third-order valence-electron chi connectivity index (χ3n) is 2.17. The highest BCUT2D eigenvalue weighted by Crippen LogP contribution is 2.13. The fourth-order valence-electron chi connectivity index (χ4n) is 1.20. The molecule has 1 aromatic rings. The summed E-state index contributed by atoms with van der Waals surface area (Å²) < 4.78 is 0. The zero-order valence-corrected chi connectivity index (χ0v) is 8.88. The van der Waals surface area contributed by atoms with Gasteiger partial charge in [-0.3, -0.25) is 0 Å². The van der Waals surface area contributed by atoms with E-state index < -0.39 is 0 Å². The second kappa shape index (κ2) is 4.61. The average molecular weight is 184 g/mol. The smallest absolute Gasteiger partial charge is 0.0225 e. The highest BCUT2D eigenvalue weighted by atomic mass is 14.0. The Balaban J connectivity index is 2.96. The van der Waals surface area contributed by atoms with Crippen LogP contribution in [0.15, 0.2) is 49.1 Å². The number of rotatable bonds is 3. The molecule has 0 heterocycles. The van der Waals surface area contributed by atoms with E-state index >= 15 is 0 Å². The van der Waals surface area contributed by atoms with Gasteiger partial charge < -0.3 is 0 Å². The zero-order chi connectivity index (χ0) is 10.6. The van der Waals surface area contributed by atoms with Crippen molar-refractivity contribution in [1.82, 2.24) is 0 Å². The van der Waals surface area contributed by atoms with E-state index in [1.54, 1.807) is 6.08 Å². The molecule has 0 aliphatic rings. The molecule has 0 spiro atoms. The van der Waals surface area contributed by atoms with Crippen LogP contribution in [0.5, 0.6) is 0 Å². The van der Waals surface area contributed by atoms with Crippen molar-refractivity contribution >= 4 is 6.08 Å². The first kappa shape index (κ1) is 10.5. The van der Waals surface area contributed by atoms with Crippen LogP contribution in [0.2, 0.25) is 0 Å². The van der Waals surface area contributed by atoms with Crippen LogP contribution >= 0.6 is 0 Å². The molecule has 0 nitrogen and oxygen atoms in total. The highest BCUT2D eigenvalue weighted by Gasteiger charge is 1.93. The molecule has 0 unspecified atom stereocenters. The number of hydrogen-bond acceptors (Lipinski definition) is 0. The molecule has 1 rings (SSSR count). The minimum Gasteiger partial charge on any atom is -0.0985 e. The van der Waals surface area contributed by atoms with Crippen molar-refractivity contribution in [3.05, 3.63) is 65.8 Å². The summed E-state index contributed by atoms with van der Waals surface area (Å²) in [5.74, 6) is 0. The summed E-state index contributed by atoms with van der Waals surface area (Å²) in [6, 6.07) is 6.42. The normalized spacial score (nSPS) is 10.4. The molecule has 0 saturated heterocycles. The molecule has 0 saturated carbocycles. The van der Waals surface area contributed by atoms with Gasteiger partial charge in [-0.2, -0.15) is 0 Å². The SMILES string of the molecule is C=CC(=C)/C=C/c1cc(C)ccc1C. The van der Waals surface area contributed by atoms with Gasteiger partial charge in [0.25, 0.3) is 0 Å². The van der Waals surface area contributed by atoms with Crippen LogP contribution in [0.25, 0.3) is 6.08 Å². The number of hydrogen-bond donors (Lipinski definition) is 0. The van der Waals surface area contributed by atoms with Crippen LogP contribution in [0.1, 0.15) is 16.7 Å². The van der Waals surface area contributed by atoms with Crippen LogP contribution in [0.3, 0.4) is 0 Å². The standard InChI is InChI=1S/C14H16/c1-5-11(2)7-9-14-10-12(3)6-8-13(14)4/h5-10H,1-2H2,3-4H3/b9-7+. The molecule has 0 aliphatic carbocycles. The Hall–Kier alpha value is -1.56. The van der Waals surface area contributed by atoms with Crippen LogP contribution in [0.4, 0.5) is 0 Å². The maximum atomic E-state index is 3.84. The lowest BCUT2D eigenvalue weighted by Gasteiger charge is -2.01. The molecule has 0 N–H and O–H groups in total. The Morgan fingerprint density at radius 3 is 2.64 bits per heavy atom. The maximum absolute atomic E-state index is 3.84. The van der Waals surface area contributed by atoms with E-state index in [0.717, 1.165) is 5.57 Å². The predicted molar refractivity (Wildman–Crippen MR) is 64.3 cm³/mol. The van der Waals surface area contributed by atoms with Gasteiger partial charge in [-0.25, -0.2) is 0 Å². The summed E-state index contributed by atoms with van der Waals surface area (Å²) in [5, 5.41) is 0. The molecule has 0 amide bonds. The Kier molecular flexibility index (Phi) is 3.47. The lowest BCUT2D eigenvalue weighted by atomic mass is 10.0. The quantitative estimate of drug-likeness (QED) is 0.621. The molecule has 0 atom stereocenters. The summed E-state index contributed by atoms with van der Waals surface area (Å²) in [6.07, 6.45) is 5.81. The zero-order valence-electron chi connectivity index (χ0n) is 8.88. The summed E-state index contributed by atoms with van der Waals surface area (Å²) in [7, 11) is 0. The Labute approximate surface area is 86.3 Å². The Bertz CT molecular complexity index is 381. The lowest BCUT2D eigenvalue weighted by molar-refractivity contribution is 1.38. The summed E-state index contributed by atoms with van der Waals surface area (Å²) in [6.45, 7) is 11.7. The van der Waals surface area contributed by atoms with Crippen LogP contribution in [-0.2, 0) is 0 Å². The first-order chi connectivity index (χ1) is 6.63. The maximum Gasteiger partial charge on any atom is -0.0225 e. The van der Waals surface area contributed by atoms with E-state index in [0.29, 0.717) is 0 Å². The van der Waals surface area contributed by atoms with Crippen molar-refractivity contribution in [3.8, 4) is 0 Å². The molecule has 0 aliphatic heterocycles. The number of allylic oxidation sites excluding steroid dienone is 3. The van der Waals surface area contributed by atoms with Crippen molar-refractivity contribution in [2.24, 2.45) is 0 Å². The van der Waals surface area contributed by atoms with E-state index in [1.807, 2.05) is 6.08 Å². The summed E-state index contributed by atoms with van der Waals surface area (Å²) in [5.41, 5.74) is 4.74. The molecule has 0 heteroatoms. The third kappa shape index (κ3) is 2.74. The second-order valence-electron chi connectivity index (χ2n) is 3.47. The lowest BCUT2D eigenvalue weighted by Crippen LogP contribution is -1.81. The fourth-order valence-corrected chi connectivity index (χ4v) is 1.20. The number of aryl methyl sites for hydroxylation is 2. The topological polar surface area (TPSA) is 0 Å². The van der Waals surface area contributed by atoms with Crippen LogP contribution in [-0.4, -0.2) is 0 Å². The first-order valence-electron chi connectivity index (χ1n) is 4.70. The largest absolute Gasteiger partial charge is 0.0985 e. The van der Waals surface area contributed by atoms with Crippen molar-refractivity contribution in [3.63, 3.8) is 0 Å². The van der Waals surface area contributed by atoms with Gasteiger partial charge in [-0.05, 0) is 30.5 Å². The van der Waals surface area contributed by atoms with Gasteiger partial charge >= 0.3 is 0 Å². The molecule has 1 aromatic carbocycles. The summed E-state index contributed by atoms with van der Waals surface area (Å²) >= 11 is 0. The molecule has 0 radical (unpaired) electrons. The summed E-state index contributed by atoms with van der Waals surface area (Å²) in [4.78, 5) is 0. The molecular formula is C14H16. The van der Waals surface area contributed by atoms with Gasteiger partial charge in [-0.1, -0.05) is 55.1 Å². The van der Waals surface area contributed by atoms with E-state index in [9.17, 15) is 0 Å². The van der Waals surface area contributed by atoms with Gasteiger partial charge in [0.15, 0.2) is 0 Å².